The second-order valence-corrected chi connectivity index (χ2v) is 7.32. The Bertz CT molecular complexity index is 798. The molecule has 0 spiro atoms. The molecule has 8 heteroatoms. The zero-order chi connectivity index (χ0) is 18.1. The fourth-order valence-electron chi connectivity index (χ4n) is 3.60. The maximum Gasteiger partial charge on any atom is 0.259 e. The molecule has 1 aliphatic heterocycles. The summed E-state index contributed by atoms with van der Waals surface area (Å²) in [6.45, 7) is 4.62. The van der Waals surface area contributed by atoms with Crippen LogP contribution in [0.25, 0.3) is 11.1 Å². The van der Waals surface area contributed by atoms with Gasteiger partial charge < -0.3 is 19.9 Å². The number of carbonyl (C=O) groups excluding carboxylic acids is 1. The standard InChI is InChI=1S/C19H26N4O3.ClH/c1-12-17-15(11-16(13-3-4-13)21-18(17)26-22-12)19(24)23-8-5-14(6-9-23)25-10-2-7-20;/h11,13-14H,2-10,20H2,1H3;1H. The molecule has 2 fully saturated rings. The van der Waals surface area contributed by atoms with E-state index in [2.05, 4.69) is 10.1 Å². The van der Waals surface area contributed by atoms with E-state index < -0.39 is 0 Å². The van der Waals surface area contributed by atoms with Crippen LogP contribution in [0.5, 0.6) is 0 Å². The molecule has 4 rings (SSSR count). The highest BCUT2D eigenvalue weighted by molar-refractivity contribution is 6.06. The summed E-state index contributed by atoms with van der Waals surface area (Å²) >= 11 is 0. The van der Waals surface area contributed by atoms with Gasteiger partial charge in [0, 0.05) is 31.3 Å². The molecule has 0 aromatic carbocycles. The van der Waals surface area contributed by atoms with E-state index in [1.807, 2.05) is 17.9 Å². The second-order valence-electron chi connectivity index (χ2n) is 7.32. The number of aromatic nitrogens is 2. The van der Waals surface area contributed by atoms with Gasteiger partial charge in [0.25, 0.3) is 11.6 Å². The van der Waals surface area contributed by atoms with Crippen molar-refractivity contribution in [1.29, 1.82) is 0 Å². The van der Waals surface area contributed by atoms with E-state index in [9.17, 15) is 4.79 Å². The number of fused-ring (bicyclic) bond motifs is 1. The number of amides is 1. The topological polar surface area (TPSA) is 94.5 Å². The molecule has 27 heavy (non-hydrogen) atoms. The van der Waals surface area contributed by atoms with Crippen LogP contribution in [-0.2, 0) is 4.74 Å². The molecule has 148 valence electrons. The maximum atomic E-state index is 13.2. The molecule has 3 heterocycles. The number of halogens is 1. The highest BCUT2D eigenvalue weighted by Crippen LogP contribution is 2.40. The Morgan fingerprint density at radius 2 is 2.07 bits per heavy atom. The quantitative estimate of drug-likeness (QED) is 0.757. The number of aryl methyl sites for hydroxylation is 1. The minimum atomic E-state index is 0. The van der Waals surface area contributed by atoms with Gasteiger partial charge in [0.15, 0.2) is 0 Å². The fourth-order valence-corrected chi connectivity index (χ4v) is 3.60. The first-order chi connectivity index (χ1) is 12.7. The molecule has 1 saturated carbocycles. The predicted molar refractivity (Wildman–Crippen MR) is 104 cm³/mol. The predicted octanol–water partition coefficient (Wildman–Crippen LogP) is 2.80. The average molecular weight is 395 g/mol. The molecule has 1 saturated heterocycles. The van der Waals surface area contributed by atoms with E-state index in [4.69, 9.17) is 15.0 Å². The number of nitrogens with two attached hydrogens (primary N) is 1. The number of nitrogens with zero attached hydrogens (tertiary/aromatic N) is 3. The number of pyridine rings is 1. The van der Waals surface area contributed by atoms with Crippen LogP contribution in [0.3, 0.4) is 0 Å². The molecule has 1 amide bonds. The van der Waals surface area contributed by atoms with Gasteiger partial charge >= 0.3 is 0 Å². The maximum absolute atomic E-state index is 13.2. The van der Waals surface area contributed by atoms with Gasteiger partial charge in [-0.05, 0) is 51.6 Å². The summed E-state index contributed by atoms with van der Waals surface area (Å²) in [6, 6.07) is 1.95. The number of hydrogen-bond donors (Lipinski definition) is 1. The van der Waals surface area contributed by atoms with Crippen LogP contribution in [-0.4, -0.2) is 53.3 Å². The molecule has 2 aliphatic rings. The summed E-state index contributed by atoms with van der Waals surface area (Å²) < 4.78 is 11.2. The normalized spacial score (nSPS) is 17.9. The molecule has 2 N–H and O–H groups in total. The first-order valence-electron chi connectivity index (χ1n) is 9.55. The summed E-state index contributed by atoms with van der Waals surface area (Å²) in [5, 5.41) is 4.77. The van der Waals surface area contributed by atoms with Crippen molar-refractivity contribution in [3.8, 4) is 0 Å². The van der Waals surface area contributed by atoms with Crippen molar-refractivity contribution in [2.24, 2.45) is 5.73 Å². The molecule has 0 unspecified atom stereocenters. The smallest absolute Gasteiger partial charge is 0.259 e. The van der Waals surface area contributed by atoms with Gasteiger partial charge in [-0.15, -0.1) is 12.4 Å². The third kappa shape index (κ3) is 4.25. The molecule has 2 aromatic rings. The second kappa shape index (κ2) is 8.54. The van der Waals surface area contributed by atoms with Gasteiger partial charge in [0.1, 0.15) is 0 Å². The largest absolute Gasteiger partial charge is 0.378 e. The van der Waals surface area contributed by atoms with E-state index in [0.29, 0.717) is 43.4 Å². The Morgan fingerprint density at radius 1 is 1.33 bits per heavy atom. The van der Waals surface area contributed by atoms with Gasteiger partial charge in [-0.3, -0.25) is 4.79 Å². The van der Waals surface area contributed by atoms with E-state index in [1.165, 1.54) is 0 Å². The van der Waals surface area contributed by atoms with Crippen molar-refractivity contribution in [3.63, 3.8) is 0 Å². The van der Waals surface area contributed by atoms with E-state index in [1.54, 1.807) is 0 Å². The Morgan fingerprint density at radius 3 is 2.74 bits per heavy atom. The third-order valence-corrected chi connectivity index (χ3v) is 5.29. The van der Waals surface area contributed by atoms with Gasteiger partial charge in [-0.1, -0.05) is 5.16 Å². The number of piperidine rings is 1. The number of ether oxygens (including phenoxy) is 1. The SMILES string of the molecule is Cc1noc2nc(C3CC3)cc(C(=O)N3CCC(OCCCN)CC3)c12.Cl. The summed E-state index contributed by atoms with van der Waals surface area (Å²) in [4.78, 5) is 19.7. The number of hydrogen-bond acceptors (Lipinski definition) is 6. The number of carbonyl (C=O) groups is 1. The summed E-state index contributed by atoms with van der Waals surface area (Å²) in [5.41, 5.74) is 8.34. The molecular weight excluding hydrogens is 368 g/mol. The Kier molecular flexibility index (Phi) is 6.34. The van der Waals surface area contributed by atoms with Crippen molar-refractivity contribution in [2.45, 2.75) is 51.0 Å². The zero-order valence-electron chi connectivity index (χ0n) is 15.6. The van der Waals surface area contributed by atoms with Crippen molar-refractivity contribution in [1.82, 2.24) is 15.0 Å². The van der Waals surface area contributed by atoms with Crippen LogP contribution in [0.2, 0.25) is 0 Å². The average Bonchev–Trinajstić information content (AvgIpc) is 3.45. The summed E-state index contributed by atoms with van der Waals surface area (Å²) in [6.07, 6.45) is 5.09. The van der Waals surface area contributed by atoms with Gasteiger partial charge in [-0.2, -0.15) is 0 Å². The lowest BCUT2D eigenvalue weighted by Gasteiger charge is -2.32. The van der Waals surface area contributed by atoms with Crippen LogP contribution in [0.4, 0.5) is 0 Å². The molecule has 7 nitrogen and oxygen atoms in total. The Balaban J connectivity index is 0.00000210. The third-order valence-electron chi connectivity index (χ3n) is 5.29. The lowest BCUT2D eigenvalue weighted by Crippen LogP contribution is -2.41. The van der Waals surface area contributed by atoms with Crippen molar-refractivity contribution in [2.75, 3.05) is 26.2 Å². The highest BCUT2D eigenvalue weighted by atomic mass is 35.5. The first-order valence-corrected chi connectivity index (χ1v) is 9.55. The van der Waals surface area contributed by atoms with E-state index in [0.717, 1.165) is 48.9 Å². The van der Waals surface area contributed by atoms with Crippen molar-refractivity contribution >= 4 is 29.4 Å². The van der Waals surface area contributed by atoms with Crippen LogP contribution in [0, 0.1) is 6.92 Å². The Hall–Kier alpha value is -1.70. The van der Waals surface area contributed by atoms with Gasteiger partial charge in [0.2, 0.25) is 0 Å². The zero-order valence-corrected chi connectivity index (χ0v) is 16.5. The fraction of sp³-hybridized carbons (Fsp3) is 0.632. The van der Waals surface area contributed by atoms with Crippen molar-refractivity contribution < 1.29 is 14.1 Å². The lowest BCUT2D eigenvalue weighted by molar-refractivity contribution is 0.00849. The molecule has 1 aliphatic carbocycles. The lowest BCUT2D eigenvalue weighted by atomic mass is 10.0. The van der Waals surface area contributed by atoms with Crippen LogP contribution < -0.4 is 5.73 Å². The van der Waals surface area contributed by atoms with Crippen LogP contribution in [0.1, 0.15) is 59.8 Å². The number of likely N-dealkylation sites (tertiary alicyclic amines) is 1. The van der Waals surface area contributed by atoms with Crippen molar-refractivity contribution in [3.05, 3.63) is 23.0 Å². The monoisotopic (exact) mass is 394 g/mol. The minimum absolute atomic E-state index is 0. The van der Waals surface area contributed by atoms with Gasteiger partial charge in [0.05, 0.1) is 22.7 Å². The summed E-state index contributed by atoms with van der Waals surface area (Å²) in [5.74, 6) is 0.504. The molecule has 0 bridgehead atoms. The molecule has 0 radical (unpaired) electrons. The van der Waals surface area contributed by atoms with Crippen LogP contribution >= 0.6 is 12.4 Å². The molecular formula is C19H27ClN4O3. The molecule has 2 aromatic heterocycles. The van der Waals surface area contributed by atoms with Crippen LogP contribution in [0.15, 0.2) is 10.6 Å². The van der Waals surface area contributed by atoms with E-state index >= 15 is 0 Å². The van der Waals surface area contributed by atoms with E-state index in [-0.39, 0.29) is 24.4 Å². The molecule has 0 atom stereocenters. The number of rotatable bonds is 6. The van der Waals surface area contributed by atoms with Gasteiger partial charge in [-0.25, -0.2) is 4.98 Å². The highest BCUT2D eigenvalue weighted by Gasteiger charge is 2.31. The minimum Gasteiger partial charge on any atom is -0.378 e. The Labute approximate surface area is 165 Å². The first kappa shape index (κ1) is 20.0. The summed E-state index contributed by atoms with van der Waals surface area (Å²) in [7, 11) is 0.